The molecule has 5 fully saturated rings. The summed E-state index contributed by atoms with van der Waals surface area (Å²) in [5.74, 6) is 0.00566. The number of esters is 4. The Bertz CT molecular complexity index is 932. The molecule has 0 aromatic rings. The molecule has 4 aliphatic carbocycles. The number of hydrogen-bond acceptors (Lipinski definition) is 7. The summed E-state index contributed by atoms with van der Waals surface area (Å²) in [5.41, 5.74) is -4.38. The Morgan fingerprint density at radius 2 is 1.43 bits per heavy atom. The summed E-state index contributed by atoms with van der Waals surface area (Å²) in [6.07, 6.45) is 7.84. The first-order valence-electron chi connectivity index (χ1n) is 14.3. The van der Waals surface area contributed by atoms with E-state index in [2.05, 4.69) is 0 Å². The number of rotatable bonds is 10. The molecular weight excluding hydrogens is 472 g/mol. The predicted octanol–water partition coefficient (Wildman–Crippen LogP) is 5.91. The van der Waals surface area contributed by atoms with Crippen molar-refractivity contribution in [1.29, 1.82) is 0 Å². The second-order valence-corrected chi connectivity index (χ2v) is 14.3. The van der Waals surface area contributed by atoms with Crippen LogP contribution in [0.3, 0.4) is 0 Å². The Labute approximate surface area is 221 Å². The van der Waals surface area contributed by atoms with Crippen molar-refractivity contribution in [3.05, 3.63) is 0 Å². The molecule has 7 heteroatoms. The zero-order valence-corrected chi connectivity index (χ0v) is 23.9. The molecule has 37 heavy (non-hydrogen) atoms. The van der Waals surface area contributed by atoms with E-state index in [1.54, 1.807) is 13.8 Å². The normalized spacial score (nSPS) is 36.0. The summed E-state index contributed by atoms with van der Waals surface area (Å²) >= 11 is 0. The van der Waals surface area contributed by atoms with Crippen LogP contribution in [0.15, 0.2) is 0 Å². The monoisotopic (exact) mass is 518 g/mol. The van der Waals surface area contributed by atoms with Gasteiger partial charge < -0.3 is 14.2 Å². The van der Waals surface area contributed by atoms with Crippen LogP contribution in [0.25, 0.3) is 0 Å². The van der Waals surface area contributed by atoms with Crippen molar-refractivity contribution in [1.82, 2.24) is 0 Å². The predicted molar refractivity (Wildman–Crippen MR) is 137 cm³/mol. The van der Waals surface area contributed by atoms with Crippen LogP contribution < -0.4 is 0 Å². The summed E-state index contributed by atoms with van der Waals surface area (Å²) in [4.78, 5) is 52.3. The molecule has 0 aromatic carbocycles. The van der Waals surface area contributed by atoms with E-state index in [-0.39, 0.29) is 30.8 Å². The smallest absolute Gasteiger partial charge is 0.320 e. The fraction of sp³-hybridized carbons (Fsp3) is 0.867. The van der Waals surface area contributed by atoms with Gasteiger partial charge in [0.15, 0.2) is 0 Å². The van der Waals surface area contributed by atoms with E-state index in [9.17, 15) is 19.2 Å². The molecule has 1 saturated heterocycles. The van der Waals surface area contributed by atoms with E-state index in [4.69, 9.17) is 14.2 Å². The van der Waals surface area contributed by atoms with Gasteiger partial charge >= 0.3 is 23.9 Å². The van der Waals surface area contributed by atoms with Crippen molar-refractivity contribution in [3.8, 4) is 0 Å². The van der Waals surface area contributed by atoms with E-state index >= 15 is 0 Å². The van der Waals surface area contributed by atoms with Crippen molar-refractivity contribution in [3.63, 3.8) is 0 Å². The molecule has 0 spiro atoms. The second kappa shape index (κ2) is 9.37. The first-order valence-corrected chi connectivity index (χ1v) is 14.3. The highest BCUT2D eigenvalue weighted by atomic mass is 16.6. The second-order valence-electron chi connectivity index (χ2n) is 14.3. The molecular formula is C30H46O7. The molecule has 4 saturated carbocycles. The Kier molecular flexibility index (Phi) is 7.12. The summed E-state index contributed by atoms with van der Waals surface area (Å²) in [7, 11) is 0. The third kappa shape index (κ3) is 5.47. The maximum absolute atomic E-state index is 13.9. The van der Waals surface area contributed by atoms with Crippen LogP contribution in [0.5, 0.6) is 0 Å². The van der Waals surface area contributed by atoms with Gasteiger partial charge in [-0.3, -0.25) is 19.2 Å². The number of carbonyl (C=O) groups is 4. The summed E-state index contributed by atoms with van der Waals surface area (Å²) in [6, 6.07) is 0. The van der Waals surface area contributed by atoms with Crippen LogP contribution in [-0.4, -0.2) is 35.1 Å². The molecule has 3 unspecified atom stereocenters. The average molecular weight is 519 g/mol. The molecule has 208 valence electrons. The Balaban J connectivity index is 1.59. The van der Waals surface area contributed by atoms with Gasteiger partial charge in [0.25, 0.3) is 0 Å². The first kappa shape index (κ1) is 28.1. The van der Waals surface area contributed by atoms with E-state index in [1.807, 2.05) is 34.6 Å². The number of ether oxygens (including phenoxy) is 3. The minimum absolute atomic E-state index is 0.0590. The van der Waals surface area contributed by atoms with Gasteiger partial charge in [-0.15, -0.1) is 0 Å². The molecule has 0 amide bonds. The Hall–Kier alpha value is -1.92. The quantitative estimate of drug-likeness (QED) is 0.201. The summed E-state index contributed by atoms with van der Waals surface area (Å²) in [5, 5.41) is 0. The molecule has 0 aromatic heterocycles. The highest BCUT2D eigenvalue weighted by Crippen LogP contribution is 2.58. The largest absolute Gasteiger partial charge is 0.459 e. The maximum atomic E-state index is 13.9. The van der Waals surface area contributed by atoms with Gasteiger partial charge in [-0.2, -0.15) is 0 Å². The van der Waals surface area contributed by atoms with Gasteiger partial charge in [0, 0.05) is 0 Å². The highest BCUT2D eigenvalue weighted by Gasteiger charge is 2.57. The van der Waals surface area contributed by atoms with Crippen molar-refractivity contribution < 1.29 is 33.4 Å². The number of cyclic esters (lactones) is 2. The number of hydrogen-bond donors (Lipinski definition) is 0. The standard InChI is InChI=1S/C30H46O7/c1-8-26(3,4)36-25(34)29(7,18-28(6)16-22(31)35-23(28)32)17-27(5,9-2)24(33)37-30-13-19-10-20(14-30)12-21(11-19)15-30/h19-21H,8-18H2,1-7H3. The van der Waals surface area contributed by atoms with E-state index in [0.717, 1.165) is 19.3 Å². The van der Waals surface area contributed by atoms with Crippen molar-refractivity contribution in [2.24, 2.45) is 34.0 Å². The fourth-order valence-corrected chi connectivity index (χ4v) is 7.98. The molecule has 1 heterocycles. The van der Waals surface area contributed by atoms with Crippen molar-refractivity contribution in [2.75, 3.05) is 0 Å². The van der Waals surface area contributed by atoms with Crippen LogP contribution in [0, 0.1) is 34.0 Å². The zero-order chi connectivity index (χ0) is 27.4. The lowest BCUT2D eigenvalue weighted by Crippen LogP contribution is -2.54. The average Bonchev–Trinajstić information content (AvgIpc) is 3.02. The van der Waals surface area contributed by atoms with Gasteiger partial charge in [-0.05, 0) is 117 Å². The lowest BCUT2D eigenvalue weighted by molar-refractivity contribution is -0.200. The lowest BCUT2D eigenvalue weighted by Gasteiger charge is -2.56. The molecule has 0 N–H and O–H groups in total. The van der Waals surface area contributed by atoms with Crippen molar-refractivity contribution in [2.45, 2.75) is 130 Å². The molecule has 5 aliphatic rings. The molecule has 4 bridgehead atoms. The van der Waals surface area contributed by atoms with Gasteiger partial charge in [-0.25, -0.2) is 0 Å². The minimum atomic E-state index is -1.20. The molecule has 5 rings (SSSR count). The highest BCUT2D eigenvalue weighted by molar-refractivity contribution is 5.97. The van der Waals surface area contributed by atoms with Gasteiger partial charge in [0.2, 0.25) is 0 Å². The fourth-order valence-electron chi connectivity index (χ4n) is 7.98. The summed E-state index contributed by atoms with van der Waals surface area (Å²) < 4.78 is 17.3. The zero-order valence-electron chi connectivity index (χ0n) is 23.9. The first-order chi connectivity index (χ1) is 17.0. The minimum Gasteiger partial charge on any atom is -0.459 e. The SMILES string of the molecule is CCC(C)(C)OC(=O)C(C)(CC1(C)CC(=O)OC1=O)CC(C)(CC)C(=O)OC12CC3CC(CC(C3)C1)C2. The lowest BCUT2D eigenvalue weighted by atomic mass is 9.54. The van der Waals surface area contributed by atoms with Crippen LogP contribution in [-0.2, 0) is 33.4 Å². The van der Waals surface area contributed by atoms with E-state index in [0.29, 0.717) is 30.6 Å². The van der Waals surface area contributed by atoms with Gasteiger partial charge in [0.05, 0.1) is 22.7 Å². The Morgan fingerprint density at radius 1 is 0.892 bits per heavy atom. The third-order valence-electron chi connectivity index (χ3n) is 10.1. The van der Waals surface area contributed by atoms with E-state index in [1.165, 1.54) is 19.3 Å². The van der Waals surface area contributed by atoms with E-state index < -0.39 is 39.8 Å². The van der Waals surface area contributed by atoms with Crippen LogP contribution in [0.2, 0.25) is 0 Å². The van der Waals surface area contributed by atoms with Crippen LogP contribution in [0.1, 0.15) is 119 Å². The third-order valence-corrected chi connectivity index (χ3v) is 10.1. The van der Waals surface area contributed by atoms with Crippen LogP contribution >= 0.6 is 0 Å². The topological polar surface area (TPSA) is 96.0 Å². The van der Waals surface area contributed by atoms with Gasteiger partial charge in [-0.1, -0.05) is 13.8 Å². The maximum Gasteiger partial charge on any atom is 0.320 e. The summed E-state index contributed by atoms with van der Waals surface area (Å²) in [6.45, 7) is 12.9. The Morgan fingerprint density at radius 3 is 1.86 bits per heavy atom. The van der Waals surface area contributed by atoms with Crippen molar-refractivity contribution >= 4 is 23.9 Å². The molecule has 3 atom stereocenters. The molecule has 0 radical (unpaired) electrons. The number of carbonyl (C=O) groups excluding carboxylic acids is 4. The van der Waals surface area contributed by atoms with Gasteiger partial charge in [0.1, 0.15) is 11.2 Å². The molecule has 1 aliphatic heterocycles. The van der Waals surface area contributed by atoms with Crippen LogP contribution in [0.4, 0.5) is 0 Å². The molecule has 7 nitrogen and oxygen atoms in total.